The summed E-state index contributed by atoms with van der Waals surface area (Å²) in [6, 6.07) is 22.9. The molecule has 1 aromatic heterocycles. The number of hydrazone groups is 1. The molecule has 8 heteroatoms. The van der Waals surface area contributed by atoms with E-state index in [1.165, 1.54) is 16.3 Å². The minimum Gasteiger partial charge on any atom is -0.508 e. The Kier molecular flexibility index (Phi) is 6.32. The number of hydrogen-bond donors (Lipinski definition) is 2. The first-order chi connectivity index (χ1) is 15.5. The van der Waals surface area contributed by atoms with Crippen LogP contribution in [0.15, 0.2) is 93.9 Å². The van der Waals surface area contributed by atoms with E-state index in [9.17, 15) is 14.7 Å². The molecule has 4 rings (SSSR count). The van der Waals surface area contributed by atoms with E-state index in [1.807, 2.05) is 36.4 Å². The zero-order chi connectivity index (χ0) is 22.5. The van der Waals surface area contributed by atoms with E-state index in [2.05, 4.69) is 15.5 Å². The molecule has 0 radical (unpaired) electrons. The lowest BCUT2D eigenvalue weighted by Crippen LogP contribution is -2.24. The number of carbonyl (C=O) groups excluding carboxylic acids is 1. The lowest BCUT2D eigenvalue weighted by atomic mass is 10.1. The fraction of sp³-hybridized carbons (Fsp3) is 0.0833. The molecule has 0 aliphatic rings. The lowest BCUT2D eigenvalue weighted by Gasteiger charge is -2.13. The summed E-state index contributed by atoms with van der Waals surface area (Å²) in [5.41, 5.74) is 4.98. The number of phenols is 1. The van der Waals surface area contributed by atoms with Crippen LogP contribution in [0.5, 0.6) is 5.75 Å². The van der Waals surface area contributed by atoms with Gasteiger partial charge in [-0.1, -0.05) is 42.1 Å². The Labute approximate surface area is 188 Å². The van der Waals surface area contributed by atoms with Crippen molar-refractivity contribution in [3.63, 3.8) is 0 Å². The zero-order valence-corrected chi connectivity index (χ0v) is 18.0. The summed E-state index contributed by atoms with van der Waals surface area (Å²) in [4.78, 5) is 30.2. The van der Waals surface area contributed by atoms with Crippen molar-refractivity contribution in [1.29, 1.82) is 0 Å². The second-order valence-corrected chi connectivity index (χ2v) is 7.90. The number of nitrogens with one attached hydrogen (secondary N) is 1. The highest BCUT2D eigenvalue weighted by molar-refractivity contribution is 7.99. The number of thioether (sulfide) groups is 1. The molecule has 0 unspecified atom stereocenters. The molecule has 160 valence electrons. The number of rotatable bonds is 6. The molecule has 4 aromatic rings. The van der Waals surface area contributed by atoms with Crippen LogP contribution in [0.1, 0.15) is 12.5 Å². The fourth-order valence-electron chi connectivity index (χ4n) is 3.09. The molecular formula is C24H20N4O3S. The Hall–Kier alpha value is -3.91. The minimum atomic E-state index is -0.324. The van der Waals surface area contributed by atoms with Gasteiger partial charge < -0.3 is 5.11 Å². The molecule has 2 N–H and O–H groups in total. The molecule has 32 heavy (non-hydrogen) atoms. The highest BCUT2D eigenvalue weighted by atomic mass is 32.2. The van der Waals surface area contributed by atoms with Crippen molar-refractivity contribution in [2.45, 2.75) is 12.1 Å². The number of para-hydroxylation sites is 2. The smallest absolute Gasteiger partial charge is 0.266 e. The molecule has 0 saturated carbocycles. The van der Waals surface area contributed by atoms with E-state index in [0.29, 0.717) is 27.5 Å². The van der Waals surface area contributed by atoms with Gasteiger partial charge in [-0.15, -0.1) is 0 Å². The standard InChI is InChI=1S/C24H20N4O3S/c1-16(17-11-13-19(29)14-12-17)26-27-22(30)15-32-24-25-21-10-6-5-9-20(21)23(31)28(24)18-7-3-2-4-8-18/h2-14,29H,15H2,1H3,(H,27,30)/b26-16-. The number of amides is 1. The number of carbonyl (C=O) groups is 1. The first-order valence-electron chi connectivity index (χ1n) is 9.85. The second kappa shape index (κ2) is 9.49. The summed E-state index contributed by atoms with van der Waals surface area (Å²) < 4.78 is 1.52. The third-order valence-corrected chi connectivity index (χ3v) is 5.66. The molecule has 3 aromatic carbocycles. The van der Waals surface area contributed by atoms with Gasteiger partial charge in [0.25, 0.3) is 11.5 Å². The first kappa shape index (κ1) is 21.3. The number of fused-ring (bicyclic) bond motifs is 1. The van der Waals surface area contributed by atoms with E-state index in [-0.39, 0.29) is 23.0 Å². The van der Waals surface area contributed by atoms with Gasteiger partial charge in [0, 0.05) is 0 Å². The molecule has 0 spiro atoms. The van der Waals surface area contributed by atoms with Gasteiger partial charge in [-0.05, 0) is 61.0 Å². The fourth-order valence-corrected chi connectivity index (χ4v) is 3.89. The van der Waals surface area contributed by atoms with Gasteiger partial charge in [-0.25, -0.2) is 10.4 Å². The number of phenolic OH excluding ortho intramolecular Hbond substituents is 1. The summed E-state index contributed by atoms with van der Waals surface area (Å²) in [6.07, 6.45) is 0. The van der Waals surface area contributed by atoms with Crippen molar-refractivity contribution in [3.05, 3.63) is 94.8 Å². The van der Waals surface area contributed by atoms with E-state index in [1.54, 1.807) is 49.4 Å². The average molecular weight is 445 g/mol. The van der Waals surface area contributed by atoms with Crippen molar-refractivity contribution in [3.8, 4) is 11.4 Å². The Morgan fingerprint density at radius 1 is 1.03 bits per heavy atom. The molecule has 0 fully saturated rings. The first-order valence-corrected chi connectivity index (χ1v) is 10.8. The van der Waals surface area contributed by atoms with Gasteiger partial charge in [0.2, 0.25) is 0 Å². The summed E-state index contributed by atoms with van der Waals surface area (Å²) in [5.74, 6) is -0.131. The van der Waals surface area contributed by atoms with E-state index in [0.717, 1.165) is 5.56 Å². The maximum absolute atomic E-state index is 13.2. The molecular weight excluding hydrogens is 424 g/mol. The Morgan fingerprint density at radius 3 is 2.47 bits per heavy atom. The SMILES string of the molecule is C/C(=N/NC(=O)CSc1nc2ccccc2c(=O)n1-c1ccccc1)c1ccc(O)cc1. The van der Waals surface area contributed by atoms with Crippen molar-refractivity contribution in [2.75, 3.05) is 5.75 Å². The third-order valence-electron chi connectivity index (χ3n) is 4.73. The predicted molar refractivity (Wildman–Crippen MR) is 127 cm³/mol. The normalized spacial score (nSPS) is 11.5. The monoisotopic (exact) mass is 444 g/mol. The number of benzene rings is 3. The molecule has 7 nitrogen and oxygen atoms in total. The van der Waals surface area contributed by atoms with Crippen molar-refractivity contribution >= 4 is 34.3 Å². The van der Waals surface area contributed by atoms with Crippen molar-refractivity contribution in [1.82, 2.24) is 15.0 Å². The van der Waals surface area contributed by atoms with Gasteiger partial charge in [0.1, 0.15) is 5.75 Å². The van der Waals surface area contributed by atoms with Crippen LogP contribution in [-0.2, 0) is 4.79 Å². The van der Waals surface area contributed by atoms with Crippen LogP contribution in [0.25, 0.3) is 16.6 Å². The Morgan fingerprint density at radius 2 is 1.72 bits per heavy atom. The number of nitrogens with zero attached hydrogens (tertiary/aromatic N) is 3. The topological polar surface area (TPSA) is 96.6 Å². The summed E-state index contributed by atoms with van der Waals surface area (Å²) >= 11 is 1.17. The predicted octanol–water partition coefficient (Wildman–Crippen LogP) is 3.72. The van der Waals surface area contributed by atoms with Crippen LogP contribution in [0.4, 0.5) is 0 Å². The lowest BCUT2D eigenvalue weighted by molar-refractivity contribution is -0.118. The second-order valence-electron chi connectivity index (χ2n) is 6.96. The summed E-state index contributed by atoms with van der Waals surface area (Å²) in [6.45, 7) is 1.76. The van der Waals surface area contributed by atoms with Gasteiger partial charge in [-0.2, -0.15) is 5.10 Å². The van der Waals surface area contributed by atoms with Crippen LogP contribution in [-0.4, -0.2) is 32.0 Å². The molecule has 0 aliphatic heterocycles. The number of aromatic hydroxyl groups is 1. The molecule has 0 atom stereocenters. The van der Waals surface area contributed by atoms with Gasteiger partial charge in [-0.3, -0.25) is 14.2 Å². The highest BCUT2D eigenvalue weighted by Gasteiger charge is 2.14. The average Bonchev–Trinajstić information content (AvgIpc) is 2.82. The molecule has 0 saturated heterocycles. The van der Waals surface area contributed by atoms with Crippen LogP contribution < -0.4 is 11.0 Å². The van der Waals surface area contributed by atoms with E-state index in [4.69, 9.17) is 0 Å². The van der Waals surface area contributed by atoms with E-state index < -0.39 is 0 Å². The van der Waals surface area contributed by atoms with Crippen molar-refractivity contribution in [2.24, 2.45) is 5.10 Å². The van der Waals surface area contributed by atoms with Gasteiger partial charge in [0.05, 0.1) is 28.1 Å². The van der Waals surface area contributed by atoms with Crippen LogP contribution >= 0.6 is 11.8 Å². The number of aromatic nitrogens is 2. The molecule has 0 aliphatic carbocycles. The Bertz CT molecular complexity index is 1350. The van der Waals surface area contributed by atoms with E-state index >= 15 is 0 Å². The quantitative estimate of drug-likeness (QED) is 0.204. The maximum atomic E-state index is 13.2. The molecule has 0 bridgehead atoms. The minimum absolute atomic E-state index is 0.0317. The number of hydrogen-bond acceptors (Lipinski definition) is 6. The molecule has 1 heterocycles. The third kappa shape index (κ3) is 4.70. The maximum Gasteiger partial charge on any atom is 0.266 e. The summed E-state index contributed by atoms with van der Waals surface area (Å²) in [5, 5.41) is 14.4. The van der Waals surface area contributed by atoms with Gasteiger partial charge >= 0.3 is 0 Å². The Balaban J connectivity index is 1.56. The highest BCUT2D eigenvalue weighted by Crippen LogP contribution is 2.21. The largest absolute Gasteiger partial charge is 0.508 e. The zero-order valence-electron chi connectivity index (χ0n) is 17.2. The summed E-state index contributed by atoms with van der Waals surface area (Å²) in [7, 11) is 0. The van der Waals surface area contributed by atoms with Crippen LogP contribution in [0.3, 0.4) is 0 Å². The van der Waals surface area contributed by atoms with Crippen LogP contribution in [0.2, 0.25) is 0 Å². The van der Waals surface area contributed by atoms with Gasteiger partial charge in [0.15, 0.2) is 5.16 Å². The van der Waals surface area contributed by atoms with Crippen molar-refractivity contribution < 1.29 is 9.90 Å². The molecule has 1 amide bonds. The van der Waals surface area contributed by atoms with Crippen LogP contribution in [0, 0.1) is 0 Å².